The van der Waals surface area contributed by atoms with Crippen LogP contribution >= 0.6 is 0 Å². The van der Waals surface area contributed by atoms with Crippen molar-refractivity contribution in [2.75, 3.05) is 13.1 Å². The maximum Gasteiger partial charge on any atom is 0.152 e. The highest BCUT2D eigenvalue weighted by molar-refractivity contribution is 5.86. The number of ketones is 1. The van der Waals surface area contributed by atoms with Gasteiger partial charge in [-0.05, 0) is 25.4 Å². The smallest absolute Gasteiger partial charge is 0.152 e. The van der Waals surface area contributed by atoms with Crippen molar-refractivity contribution in [3.8, 4) is 0 Å². The average molecular weight is 212 g/mol. The van der Waals surface area contributed by atoms with Crippen molar-refractivity contribution in [1.82, 2.24) is 10.6 Å². The molecule has 0 spiro atoms. The van der Waals surface area contributed by atoms with Crippen LogP contribution in [0.15, 0.2) is 0 Å². The van der Waals surface area contributed by atoms with E-state index in [0.717, 1.165) is 19.5 Å². The fourth-order valence-electron chi connectivity index (χ4n) is 2.13. The van der Waals surface area contributed by atoms with Crippen molar-refractivity contribution < 1.29 is 4.79 Å². The van der Waals surface area contributed by atoms with Gasteiger partial charge in [0, 0.05) is 12.0 Å². The Kier molecular flexibility index (Phi) is 4.74. The molecule has 1 aliphatic heterocycles. The minimum Gasteiger partial charge on any atom is -0.316 e. The van der Waals surface area contributed by atoms with E-state index in [9.17, 15) is 4.79 Å². The van der Waals surface area contributed by atoms with Gasteiger partial charge in [-0.2, -0.15) is 0 Å². The van der Waals surface area contributed by atoms with Crippen LogP contribution in [0.25, 0.3) is 0 Å². The largest absolute Gasteiger partial charge is 0.316 e. The zero-order valence-corrected chi connectivity index (χ0v) is 10.3. The van der Waals surface area contributed by atoms with Crippen LogP contribution < -0.4 is 10.6 Å². The van der Waals surface area contributed by atoms with Crippen LogP contribution in [0.4, 0.5) is 0 Å². The molecule has 15 heavy (non-hydrogen) atoms. The van der Waals surface area contributed by atoms with Gasteiger partial charge in [0.15, 0.2) is 5.78 Å². The number of rotatable bonds is 5. The molecule has 88 valence electrons. The average Bonchev–Trinajstić information content (AvgIpc) is 2.65. The lowest BCUT2D eigenvalue weighted by molar-refractivity contribution is -0.125. The standard InChI is InChI=1S/C12H24N2O/c1-8(2)12(15)11(14-9(3)4)10-5-6-13-7-10/h8-11,13-14H,5-7H2,1-4H3. The SMILES string of the molecule is CC(C)NC(C(=O)C(C)C)C1CCNC1. The molecule has 0 bridgehead atoms. The molecule has 1 aliphatic rings. The van der Waals surface area contributed by atoms with Crippen molar-refractivity contribution in [3.05, 3.63) is 0 Å². The second kappa shape index (κ2) is 5.61. The van der Waals surface area contributed by atoms with E-state index < -0.39 is 0 Å². The molecule has 1 rings (SSSR count). The Hall–Kier alpha value is -0.410. The second-order valence-corrected chi connectivity index (χ2v) is 5.11. The molecule has 0 saturated carbocycles. The van der Waals surface area contributed by atoms with Gasteiger partial charge in [-0.1, -0.05) is 27.7 Å². The molecule has 0 radical (unpaired) electrons. The number of nitrogens with one attached hydrogen (secondary N) is 2. The molecule has 0 aromatic rings. The highest BCUT2D eigenvalue weighted by Crippen LogP contribution is 2.17. The van der Waals surface area contributed by atoms with Gasteiger partial charge in [0.25, 0.3) is 0 Å². The third kappa shape index (κ3) is 3.58. The van der Waals surface area contributed by atoms with Gasteiger partial charge in [-0.25, -0.2) is 0 Å². The summed E-state index contributed by atoms with van der Waals surface area (Å²) < 4.78 is 0. The minimum atomic E-state index is 0.0417. The first-order valence-corrected chi connectivity index (χ1v) is 6.03. The molecule has 1 saturated heterocycles. The highest BCUT2D eigenvalue weighted by Gasteiger charge is 2.31. The fourth-order valence-corrected chi connectivity index (χ4v) is 2.13. The van der Waals surface area contributed by atoms with Crippen LogP contribution in [0, 0.1) is 11.8 Å². The number of hydrogen-bond donors (Lipinski definition) is 2. The van der Waals surface area contributed by atoms with E-state index in [2.05, 4.69) is 24.5 Å². The maximum absolute atomic E-state index is 12.1. The van der Waals surface area contributed by atoms with Crippen LogP contribution in [0.3, 0.4) is 0 Å². The summed E-state index contributed by atoms with van der Waals surface area (Å²) in [5, 5.41) is 6.74. The van der Waals surface area contributed by atoms with Gasteiger partial charge >= 0.3 is 0 Å². The summed E-state index contributed by atoms with van der Waals surface area (Å²) in [6.45, 7) is 10.2. The Morgan fingerprint density at radius 3 is 2.40 bits per heavy atom. The zero-order chi connectivity index (χ0) is 11.4. The molecule has 2 atom stereocenters. The van der Waals surface area contributed by atoms with Crippen molar-refractivity contribution in [2.24, 2.45) is 11.8 Å². The van der Waals surface area contributed by atoms with Gasteiger partial charge in [-0.15, -0.1) is 0 Å². The summed E-state index contributed by atoms with van der Waals surface area (Å²) >= 11 is 0. The molecule has 3 heteroatoms. The first kappa shape index (κ1) is 12.7. The number of carbonyl (C=O) groups excluding carboxylic acids is 1. The third-order valence-electron chi connectivity index (χ3n) is 2.96. The number of Topliss-reactive ketones (excluding diaryl/α,β-unsaturated/α-hetero) is 1. The normalized spacial score (nSPS) is 23.7. The molecule has 2 N–H and O–H groups in total. The topological polar surface area (TPSA) is 41.1 Å². The van der Waals surface area contributed by atoms with Crippen LogP contribution in [0.5, 0.6) is 0 Å². The fraction of sp³-hybridized carbons (Fsp3) is 0.917. The predicted octanol–water partition coefficient (Wildman–Crippen LogP) is 1.19. The lowest BCUT2D eigenvalue weighted by Crippen LogP contribution is -2.48. The highest BCUT2D eigenvalue weighted by atomic mass is 16.1. The first-order valence-electron chi connectivity index (χ1n) is 6.03. The van der Waals surface area contributed by atoms with E-state index in [-0.39, 0.29) is 12.0 Å². The van der Waals surface area contributed by atoms with Crippen molar-refractivity contribution in [2.45, 2.75) is 46.2 Å². The van der Waals surface area contributed by atoms with Crippen LogP contribution in [-0.2, 0) is 4.79 Å². The molecule has 2 unspecified atom stereocenters. The van der Waals surface area contributed by atoms with Gasteiger partial charge in [0.1, 0.15) is 0 Å². The van der Waals surface area contributed by atoms with Crippen molar-refractivity contribution in [3.63, 3.8) is 0 Å². The molecule has 3 nitrogen and oxygen atoms in total. The quantitative estimate of drug-likeness (QED) is 0.719. The first-order chi connectivity index (χ1) is 7.02. The molecule has 0 aromatic heterocycles. The molecule has 0 aromatic carbocycles. The van der Waals surface area contributed by atoms with Crippen LogP contribution in [0.1, 0.15) is 34.1 Å². The summed E-state index contributed by atoms with van der Waals surface area (Å²) in [4.78, 5) is 12.1. The molecule has 0 aliphatic carbocycles. The summed E-state index contributed by atoms with van der Waals surface area (Å²) in [7, 11) is 0. The Balaban J connectivity index is 2.63. The second-order valence-electron chi connectivity index (χ2n) is 5.11. The molecular formula is C12H24N2O. The van der Waals surface area contributed by atoms with E-state index in [1.165, 1.54) is 0 Å². The number of carbonyl (C=O) groups is 1. The van der Waals surface area contributed by atoms with E-state index in [1.807, 2.05) is 13.8 Å². The monoisotopic (exact) mass is 212 g/mol. The molecular weight excluding hydrogens is 188 g/mol. The van der Waals surface area contributed by atoms with Gasteiger partial charge < -0.3 is 10.6 Å². The van der Waals surface area contributed by atoms with Gasteiger partial charge in [-0.3, -0.25) is 4.79 Å². The van der Waals surface area contributed by atoms with Gasteiger partial charge in [0.2, 0.25) is 0 Å². The minimum absolute atomic E-state index is 0.0417. The molecule has 0 amide bonds. The Morgan fingerprint density at radius 1 is 1.33 bits per heavy atom. The third-order valence-corrected chi connectivity index (χ3v) is 2.96. The predicted molar refractivity (Wildman–Crippen MR) is 62.9 cm³/mol. The van der Waals surface area contributed by atoms with Crippen LogP contribution in [0.2, 0.25) is 0 Å². The van der Waals surface area contributed by atoms with Crippen molar-refractivity contribution in [1.29, 1.82) is 0 Å². The van der Waals surface area contributed by atoms with Crippen LogP contribution in [-0.4, -0.2) is 31.0 Å². The lowest BCUT2D eigenvalue weighted by atomic mass is 9.89. The molecule has 1 heterocycles. The summed E-state index contributed by atoms with van der Waals surface area (Å²) in [6.07, 6.45) is 1.11. The summed E-state index contributed by atoms with van der Waals surface area (Å²) in [6, 6.07) is 0.415. The van der Waals surface area contributed by atoms with E-state index >= 15 is 0 Å². The zero-order valence-electron chi connectivity index (χ0n) is 10.3. The molecule has 1 fully saturated rings. The van der Waals surface area contributed by atoms with E-state index in [4.69, 9.17) is 0 Å². The van der Waals surface area contributed by atoms with E-state index in [0.29, 0.717) is 17.7 Å². The van der Waals surface area contributed by atoms with Gasteiger partial charge in [0.05, 0.1) is 6.04 Å². The van der Waals surface area contributed by atoms with E-state index in [1.54, 1.807) is 0 Å². The Labute approximate surface area is 93.0 Å². The Bertz CT molecular complexity index is 208. The Morgan fingerprint density at radius 2 is 2.00 bits per heavy atom. The number of hydrogen-bond acceptors (Lipinski definition) is 3. The van der Waals surface area contributed by atoms with Crippen molar-refractivity contribution >= 4 is 5.78 Å². The maximum atomic E-state index is 12.1. The summed E-state index contributed by atoms with van der Waals surface area (Å²) in [5.74, 6) is 0.960. The summed E-state index contributed by atoms with van der Waals surface area (Å²) in [5.41, 5.74) is 0. The lowest BCUT2D eigenvalue weighted by Gasteiger charge is -2.26.